The van der Waals surface area contributed by atoms with Crippen LogP contribution in [0.1, 0.15) is 5.56 Å². The Morgan fingerprint density at radius 1 is 1.33 bits per heavy atom. The van der Waals surface area contributed by atoms with Gasteiger partial charge in [-0.2, -0.15) is 0 Å². The number of hydrogen-bond acceptors (Lipinski definition) is 4. The van der Waals surface area contributed by atoms with E-state index in [4.69, 9.17) is 0 Å². The van der Waals surface area contributed by atoms with Gasteiger partial charge in [-0.3, -0.25) is 4.21 Å². The topological polar surface area (TPSA) is 80.3 Å². The van der Waals surface area contributed by atoms with Crippen LogP contribution in [0, 0.1) is 0 Å². The normalized spacial score (nSPS) is 10.7. The summed E-state index contributed by atoms with van der Waals surface area (Å²) < 4.78 is 21.0. The molecule has 0 fully saturated rings. The Balaban J connectivity index is 0. The largest absolute Gasteiger partial charge is 1.00 e. The van der Waals surface area contributed by atoms with E-state index < -0.39 is 17.0 Å². The Bertz CT molecular complexity index is 356. The van der Waals surface area contributed by atoms with Crippen molar-refractivity contribution in [2.24, 2.45) is 0 Å². The molecule has 0 amide bonds. The van der Waals surface area contributed by atoms with Crippen LogP contribution in [0.5, 0.6) is 0 Å². The summed E-state index contributed by atoms with van der Waals surface area (Å²) in [7, 11) is 0. The van der Waals surface area contributed by atoms with Crippen LogP contribution in [0.3, 0.4) is 0 Å². The van der Waals surface area contributed by atoms with E-state index in [0.717, 1.165) is 0 Å². The first kappa shape index (κ1) is 18.2. The number of hydrogen-bond donors (Lipinski definition) is 0. The van der Waals surface area contributed by atoms with Crippen LogP contribution < -0.4 is 64.2 Å². The molecule has 0 saturated carbocycles. The molecule has 1 aromatic rings. The van der Waals surface area contributed by atoms with Crippen molar-refractivity contribution in [2.45, 2.75) is 11.3 Å². The van der Waals surface area contributed by atoms with E-state index in [2.05, 4.69) is 0 Å². The molecule has 70 valence electrons. The number of rotatable bonds is 3. The molecular formula is C8H6Na2O4S. The van der Waals surface area contributed by atoms with Gasteiger partial charge < -0.3 is 14.5 Å². The first-order chi connectivity index (χ1) is 6.09. The van der Waals surface area contributed by atoms with Crippen LogP contribution in [0.2, 0.25) is 0 Å². The first-order valence-corrected chi connectivity index (χ1v) is 4.55. The zero-order valence-corrected chi connectivity index (χ0v) is 13.4. The maximum atomic E-state index is 10.5. The Hall–Kier alpha value is 0.800. The maximum absolute atomic E-state index is 10.5. The van der Waals surface area contributed by atoms with Crippen molar-refractivity contribution in [1.29, 1.82) is 0 Å². The molecule has 1 aromatic carbocycles. The number of benzene rings is 1. The van der Waals surface area contributed by atoms with Gasteiger partial charge in [-0.15, -0.1) is 0 Å². The minimum absolute atomic E-state index is 0. The summed E-state index contributed by atoms with van der Waals surface area (Å²) in [5.74, 6) is -1.23. The molecule has 4 nitrogen and oxygen atoms in total. The minimum Gasteiger partial charge on any atom is -0.768 e. The van der Waals surface area contributed by atoms with E-state index in [9.17, 15) is 18.7 Å². The molecule has 0 heterocycles. The Kier molecular flexibility index (Phi) is 10.8. The Morgan fingerprint density at radius 3 is 2.40 bits per heavy atom. The molecule has 1 atom stereocenters. The average Bonchev–Trinajstić information content (AvgIpc) is 2.03. The molecule has 0 aliphatic heterocycles. The monoisotopic (exact) mass is 244 g/mol. The van der Waals surface area contributed by atoms with Crippen molar-refractivity contribution in [1.82, 2.24) is 0 Å². The van der Waals surface area contributed by atoms with Crippen LogP contribution in [-0.4, -0.2) is 14.7 Å². The summed E-state index contributed by atoms with van der Waals surface area (Å²) in [6, 6.07) is 5.72. The van der Waals surface area contributed by atoms with Crippen molar-refractivity contribution >= 4 is 17.0 Å². The van der Waals surface area contributed by atoms with E-state index in [-0.39, 0.29) is 70.4 Å². The van der Waals surface area contributed by atoms with E-state index in [1.54, 1.807) is 0 Å². The summed E-state index contributed by atoms with van der Waals surface area (Å²) in [5, 5.41) is 10.2. The summed E-state index contributed by atoms with van der Waals surface area (Å²) in [6.07, 6.45) is -0.273. The van der Waals surface area contributed by atoms with Crippen LogP contribution in [-0.2, 0) is 22.3 Å². The Morgan fingerprint density at radius 2 is 1.93 bits per heavy atom. The average molecular weight is 244 g/mol. The molecule has 0 aliphatic carbocycles. The zero-order valence-electron chi connectivity index (χ0n) is 8.56. The van der Waals surface area contributed by atoms with Gasteiger partial charge in [-0.1, -0.05) is 12.1 Å². The molecular weight excluding hydrogens is 238 g/mol. The van der Waals surface area contributed by atoms with Crippen LogP contribution >= 0.6 is 0 Å². The fourth-order valence-electron chi connectivity index (χ4n) is 0.926. The van der Waals surface area contributed by atoms with Gasteiger partial charge in [0.2, 0.25) is 0 Å². The van der Waals surface area contributed by atoms with Gasteiger partial charge in [0.05, 0.1) is 0 Å². The molecule has 7 heteroatoms. The molecule has 0 N–H and O–H groups in total. The van der Waals surface area contributed by atoms with E-state index in [1.165, 1.54) is 24.3 Å². The maximum Gasteiger partial charge on any atom is 1.00 e. The second kappa shape index (κ2) is 8.90. The van der Waals surface area contributed by atoms with E-state index in [1.807, 2.05) is 0 Å². The second-order valence-electron chi connectivity index (χ2n) is 2.43. The van der Waals surface area contributed by atoms with E-state index >= 15 is 0 Å². The van der Waals surface area contributed by atoms with Gasteiger partial charge in [0, 0.05) is 17.3 Å². The van der Waals surface area contributed by atoms with Crippen LogP contribution in [0.4, 0.5) is 0 Å². The van der Waals surface area contributed by atoms with Gasteiger partial charge in [-0.25, -0.2) is 0 Å². The number of carbonyl (C=O) groups excluding carboxylic acids is 1. The van der Waals surface area contributed by atoms with Gasteiger partial charge in [-0.05, 0) is 28.8 Å². The smallest absolute Gasteiger partial charge is 0.768 e. The molecule has 0 saturated heterocycles. The fourth-order valence-corrected chi connectivity index (χ4v) is 1.36. The summed E-state index contributed by atoms with van der Waals surface area (Å²) in [6.45, 7) is 0. The van der Waals surface area contributed by atoms with Crippen molar-refractivity contribution in [3.63, 3.8) is 0 Å². The predicted octanol–water partition coefficient (Wildman–Crippen LogP) is -6.77. The zero-order chi connectivity index (χ0) is 9.84. The predicted molar refractivity (Wildman–Crippen MR) is 42.3 cm³/mol. The van der Waals surface area contributed by atoms with Crippen molar-refractivity contribution in [3.8, 4) is 0 Å². The first-order valence-electron chi connectivity index (χ1n) is 3.47. The van der Waals surface area contributed by atoms with Crippen molar-refractivity contribution in [2.75, 3.05) is 0 Å². The quantitative estimate of drug-likeness (QED) is 0.391. The number of carbonyl (C=O) groups is 1. The van der Waals surface area contributed by atoms with Gasteiger partial charge >= 0.3 is 59.1 Å². The molecule has 0 bridgehead atoms. The molecule has 0 radical (unpaired) electrons. The van der Waals surface area contributed by atoms with Gasteiger partial charge in [0.25, 0.3) is 0 Å². The number of aliphatic carboxylic acids is 1. The molecule has 0 spiro atoms. The van der Waals surface area contributed by atoms with Crippen molar-refractivity contribution in [3.05, 3.63) is 29.8 Å². The summed E-state index contributed by atoms with van der Waals surface area (Å²) in [4.78, 5) is 10.3. The van der Waals surface area contributed by atoms with Crippen molar-refractivity contribution < 1.29 is 77.8 Å². The minimum atomic E-state index is -2.32. The van der Waals surface area contributed by atoms with Gasteiger partial charge in [0.1, 0.15) is 0 Å². The third-order valence-electron chi connectivity index (χ3n) is 1.44. The fraction of sp³-hybridized carbons (Fsp3) is 0.125. The number of carboxylic acid groups (broad SMARTS) is 1. The van der Waals surface area contributed by atoms with E-state index in [0.29, 0.717) is 5.56 Å². The molecule has 0 aromatic heterocycles. The SMILES string of the molecule is O=C([O-])Cc1cccc(S(=O)[O-])c1.[Na+].[Na+]. The summed E-state index contributed by atoms with van der Waals surface area (Å²) in [5.41, 5.74) is 0.418. The standard InChI is InChI=1S/C8H8O4S.2Na/c9-8(10)5-6-2-1-3-7(4-6)13(11)12;;/h1-4H,5H2,(H,9,10)(H,11,12);;/q;2*+1/p-2. The second-order valence-corrected chi connectivity index (χ2v) is 3.37. The molecule has 0 aliphatic rings. The molecule has 15 heavy (non-hydrogen) atoms. The van der Waals surface area contributed by atoms with Crippen LogP contribution in [0.15, 0.2) is 29.2 Å². The Labute approximate surface area is 134 Å². The number of carboxylic acids is 1. The third-order valence-corrected chi connectivity index (χ3v) is 2.08. The van der Waals surface area contributed by atoms with Gasteiger partial charge in [0.15, 0.2) is 0 Å². The third kappa shape index (κ3) is 6.86. The van der Waals surface area contributed by atoms with Crippen LogP contribution in [0.25, 0.3) is 0 Å². The molecule has 1 rings (SSSR count). The molecule has 1 unspecified atom stereocenters. The summed E-state index contributed by atoms with van der Waals surface area (Å²) >= 11 is -2.32.